The first-order chi connectivity index (χ1) is 5.41. The number of hydrogen-bond donors (Lipinski definition) is 0. The normalized spacial score (nSPS) is 8.14. The molecule has 0 spiro atoms. The molecule has 4 heteroatoms. The van der Waals surface area contributed by atoms with Crippen molar-refractivity contribution in [1.82, 2.24) is 0 Å². The van der Waals surface area contributed by atoms with Gasteiger partial charge in [-0.1, -0.05) is 64.5 Å². The Balaban J connectivity index is -0.000000167. The second kappa shape index (κ2) is 23.2. The molecule has 0 atom stereocenters. The van der Waals surface area contributed by atoms with Crippen LogP contribution in [0, 0.1) is 0 Å². The molecule has 0 saturated heterocycles. The van der Waals surface area contributed by atoms with Gasteiger partial charge >= 0.3 is 0 Å². The lowest BCUT2D eigenvalue weighted by Crippen LogP contribution is -1.80. The van der Waals surface area contributed by atoms with E-state index >= 15 is 0 Å². The predicted molar refractivity (Wildman–Crippen MR) is 62.6 cm³/mol. The summed E-state index contributed by atoms with van der Waals surface area (Å²) < 4.78 is 0. The molecule has 0 amide bonds. The van der Waals surface area contributed by atoms with E-state index in [2.05, 4.69) is 6.92 Å². The zero-order chi connectivity index (χ0) is 8.36. The second-order valence-electron chi connectivity index (χ2n) is 3.18. The van der Waals surface area contributed by atoms with Gasteiger partial charge in [-0.2, -0.15) is 0 Å². The van der Waals surface area contributed by atoms with Crippen LogP contribution in [0.2, 0.25) is 0 Å². The van der Waals surface area contributed by atoms with Gasteiger partial charge in [0.05, 0.1) is 0 Å². The van der Waals surface area contributed by atoms with Gasteiger partial charge in [0.1, 0.15) is 0 Å². The maximum atomic E-state index is 4.87. The van der Waals surface area contributed by atoms with E-state index in [4.69, 9.17) is 12.6 Å². The molecular formula is C10H24F3S. The third-order valence-electron chi connectivity index (χ3n) is 2.00. The molecule has 91 valence electrons. The number of halogens is 3. The largest absolute Gasteiger partial charge is 0.269 e. The molecule has 0 N–H and O–H groups in total. The summed E-state index contributed by atoms with van der Waals surface area (Å²) in [5.74, 6) is 0.953. The van der Waals surface area contributed by atoms with Crippen molar-refractivity contribution in [1.29, 1.82) is 0 Å². The Morgan fingerprint density at radius 1 is 0.643 bits per heavy atom. The summed E-state index contributed by atoms with van der Waals surface area (Å²) in [6.07, 6.45) is 11.1. The van der Waals surface area contributed by atoms with Crippen LogP contribution in [-0.4, -0.2) is 5.75 Å². The highest BCUT2D eigenvalue weighted by atomic mass is 32.1. The van der Waals surface area contributed by atoms with Gasteiger partial charge < -0.3 is 0 Å². The lowest BCUT2D eigenvalue weighted by molar-refractivity contribution is 0.586. The van der Waals surface area contributed by atoms with E-state index in [0.29, 0.717) is 0 Å². The molecule has 1 radical (unpaired) electrons. The minimum Gasteiger partial charge on any atom is -0.269 e. The van der Waals surface area contributed by atoms with Crippen LogP contribution in [-0.2, 0) is 0 Å². The number of hydrogen-bond acceptors (Lipinski definition) is 0. The summed E-state index contributed by atoms with van der Waals surface area (Å²) in [7, 11) is 0. The molecule has 0 aliphatic rings. The lowest BCUT2D eigenvalue weighted by Gasteiger charge is -1.98. The Morgan fingerprint density at radius 3 is 1.36 bits per heavy atom. The first-order valence-electron chi connectivity index (χ1n) is 5.00. The van der Waals surface area contributed by atoms with Crippen LogP contribution in [0.1, 0.15) is 58.3 Å². The van der Waals surface area contributed by atoms with Crippen molar-refractivity contribution in [2.45, 2.75) is 58.3 Å². The molecule has 0 fully saturated rings. The maximum absolute atomic E-state index is 4.87. The summed E-state index contributed by atoms with van der Waals surface area (Å²) in [6.45, 7) is 2.26. The van der Waals surface area contributed by atoms with Gasteiger partial charge in [-0.05, 0) is 6.42 Å². The summed E-state index contributed by atoms with van der Waals surface area (Å²) in [6, 6.07) is 0. The van der Waals surface area contributed by atoms with Crippen molar-refractivity contribution < 1.29 is 14.1 Å². The molecule has 0 aromatic rings. The zero-order valence-electron chi connectivity index (χ0n) is 9.00. The van der Waals surface area contributed by atoms with Crippen LogP contribution < -0.4 is 0 Å². The Labute approximate surface area is 91.4 Å². The van der Waals surface area contributed by atoms with Gasteiger partial charge in [-0.15, -0.1) is 0 Å². The van der Waals surface area contributed by atoms with Crippen molar-refractivity contribution in [2.24, 2.45) is 0 Å². The Bertz CT molecular complexity index is 64.4. The van der Waals surface area contributed by atoms with Gasteiger partial charge in [-0.3, -0.25) is 14.1 Å². The monoisotopic (exact) mass is 233 g/mol. The molecule has 0 aliphatic carbocycles. The van der Waals surface area contributed by atoms with Crippen LogP contribution in [0.15, 0.2) is 0 Å². The average molecular weight is 233 g/mol. The minimum absolute atomic E-state index is 0. The number of rotatable bonds is 8. The molecule has 0 nitrogen and oxygen atoms in total. The summed E-state index contributed by atoms with van der Waals surface area (Å²) in [5.41, 5.74) is 0. The molecule has 0 aliphatic heterocycles. The molecule has 0 heterocycles. The minimum atomic E-state index is 0. The molecule has 0 rings (SSSR count). The highest BCUT2D eigenvalue weighted by Crippen LogP contribution is 2.08. The van der Waals surface area contributed by atoms with Crippen LogP contribution in [0.25, 0.3) is 0 Å². The van der Waals surface area contributed by atoms with Crippen LogP contribution in [0.4, 0.5) is 14.1 Å². The van der Waals surface area contributed by atoms with E-state index in [1.54, 1.807) is 0 Å². The Hall–Kier alpha value is 0.140. The molecular weight excluding hydrogens is 209 g/mol. The molecule has 0 aromatic heterocycles. The molecule has 0 aromatic carbocycles. The zero-order valence-corrected chi connectivity index (χ0v) is 9.81. The first-order valence-corrected chi connectivity index (χ1v) is 5.57. The maximum Gasteiger partial charge on any atom is 0.00369 e. The lowest BCUT2D eigenvalue weighted by atomic mass is 10.1. The van der Waals surface area contributed by atoms with Gasteiger partial charge in [0.25, 0.3) is 0 Å². The van der Waals surface area contributed by atoms with E-state index in [1.807, 2.05) is 0 Å². The second-order valence-corrected chi connectivity index (χ2v) is 3.59. The Kier molecular flexibility index (Phi) is 39.3. The molecule has 0 saturated carbocycles. The van der Waals surface area contributed by atoms with Crippen molar-refractivity contribution in [3.05, 3.63) is 0 Å². The van der Waals surface area contributed by atoms with Gasteiger partial charge in [-0.25, -0.2) is 0 Å². The van der Waals surface area contributed by atoms with Crippen LogP contribution in [0.5, 0.6) is 0 Å². The van der Waals surface area contributed by atoms with Crippen LogP contribution in [0.3, 0.4) is 0 Å². The molecule has 14 heavy (non-hydrogen) atoms. The molecule has 0 bridgehead atoms. The fourth-order valence-corrected chi connectivity index (χ4v) is 1.44. The van der Waals surface area contributed by atoms with E-state index in [9.17, 15) is 0 Å². The fourth-order valence-electron chi connectivity index (χ4n) is 1.24. The predicted octanol–water partition coefficient (Wildman–Crippen LogP) is 4.78. The average Bonchev–Trinajstić information content (AvgIpc) is 2.03. The standard InChI is InChI=1S/C10H21S.3FH/c1-2-3-4-5-6-7-8-9-10-11;;;/h2-10H2,1H3;3*1H. The van der Waals surface area contributed by atoms with E-state index in [1.165, 1.54) is 51.4 Å². The Morgan fingerprint density at radius 2 is 1.00 bits per heavy atom. The summed E-state index contributed by atoms with van der Waals surface area (Å²) >= 11 is 4.87. The topological polar surface area (TPSA) is 0 Å². The van der Waals surface area contributed by atoms with Crippen molar-refractivity contribution >= 4 is 12.6 Å². The van der Waals surface area contributed by atoms with E-state index in [0.717, 1.165) is 5.75 Å². The van der Waals surface area contributed by atoms with E-state index < -0.39 is 0 Å². The third kappa shape index (κ3) is 22.7. The van der Waals surface area contributed by atoms with Crippen LogP contribution >= 0.6 is 12.6 Å². The number of unbranched alkanes of at least 4 members (excludes halogenated alkanes) is 7. The third-order valence-corrected chi connectivity index (χ3v) is 2.29. The SMILES string of the molecule is CCCCCCCCCC[S].F.F.F. The van der Waals surface area contributed by atoms with Gasteiger partial charge in [0.2, 0.25) is 0 Å². The fraction of sp³-hybridized carbons (Fsp3) is 1.00. The van der Waals surface area contributed by atoms with E-state index in [-0.39, 0.29) is 14.1 Å². The first kappa shape index (κ1) is 23.7. The van der Waals surface area contributed by atoms with Crippen molar-refractivity contribution in [3.8, 4) is 0 Å². The highest BCUT2D eigenvalue weighted by Gasteiger charge is 1.89. The molecule has 0 unspecified atom stereocenters. The van der Waals surface area contributed by atoms with Crippen molar-refractivity contribution in [3.63, 3.8) is 0 Å². The van der Waals surface area contributed by atoms with Gasteiger partial charge in [0.15, 0.2) is 0 Å². The quantitative estimate of drug-likeness (QED) is 0.529. The van der Waals surface area contributed by atoms with Crippen molar-refractivity contribution in [2.75, 3.05) is 5.75 Å². The highest BCUT2D eigenvalue weighted by molar-refractivity contribution is 7.80. The smallest absolute Gasteiger partial charge is 0.00369 e. The summed E-state index contributed by atoms with van der Waals surface area (Å²) in [4.78, 5) is 0. The summed E-state index contributed by atoms with van der Waals surface area (Å²) in [5, 5.41) is 0. The van der Waals surface area contributed by atoms with Gasteiger partial charge in [0, 0.05) is 5.75 Å².